The van der Waals surface area contributed by atoms with Gasteiger partial charge in [0.05, 0.1) is 0 Å². The Kier molecular flexibility index (Phi) is 6.24. The van der Waals surface area contributed by atoms with Gasteiger partial charge in [-0.05, 0) is 61.2 Å². The van der Waals surface area contributed by atoms with Gasteiger partial charge in [-0.1, -0.05) is 27.7 Å². The van der Waals surface area contributed by atoms with Gasteiger partial charge in [-0.2, -0.15) is 26.3 Å². The van der Waals surface area contributed by atoms with Gasteiger partial charge in [0.15, 0.2) is 5.41 Å². The summed E-state index contributed by atoms with van der Waals surface area (Å²) in [6, 6.07) is -0.754. The lowest BCUT2D eigenvalue weighted by Crippen LogP contribution is -2.63. The summed E-state index contributed by atoms with van der Waals surface area (Å²) >= 11 is 0. The first kappa shape index (κ1) is 22.8. The van der Waals surface area contributed by atoms with E-state index in [0.29, 0.717) is 0 Å². The molecule has 0 spiro atoms. The zero-order chi connectivity index (χ0) is 20.9. The van der Waals surface area contributed by atoms with Gasteiger partial charge in [0, 0.05) is 12.1 Å². The molecule has 8 heteroatoms. The van der Waals surface area contributed by atoms with E-state index < -0.39 is 29.6 Å². The lowest BCUT2D eigenvalue weighted by atomic mass is 9.53. The van der Waals surface area contributed by atoms with Crippen LogP contribution in [0.2, 0.25) is 0 Å². The first-order valence-corrected chi connectivity index (χ1v) is 9.79. The number of hydrogen-bond donors (Lipinski definition) is 2. The fourth-order valence-corrected chi connectivity index (χ4v) is 5.90. The van der Waals surface area contributed by atoms with Crippen LogP contribution in [0.3, 0.4) is 0 Å². The van der Waals surface area contributed by atoms with Crippen LogP contribution in [0.5, 0.6) is 0 Å². The zero-order valence-corrected chi connectivity index (χ0v) is 16.4. The van der Waals surface area contributed by atoms with Gasteiger partial charge in [0.25, 0.3) is 0 Å². The molecular weight excluding hydrogens is 370 g/mol. The van der Waals surface area contributed by atoms with Crippen molar-refractivity contribution in [2.45, 2.75) is 77.8 Å². The molecule has 2 aliphatic rings. The van der Waals surface area contributed by atoms with E-state index in [1.165, 1.54) is 0 Å². The third kappa shape index (κ3) is 3.72. The van der Waals surface area contributed by atoms with Crippen molar-refractivity contribution in [3.63, 3.8) is 0 Å². The molecule has 0 radical (unpaired) electrons. The van der Waals surface area contributed by atoms with Gasteiger partial charge in [-0.25, -0.2) is 0 Å². The molecule has 2 saturated carbocycles. The van der Waals surface area contributed by atoms with Crippen LogP contribution in [0.4, 0.5) is 26.3 Å². The topological polar surface area (TPSA) is 52.0 Å². The number of nitrogens with two attached hydrogens (primary N) is 2. The summed E-state index contributed by atoms with van der Waals surface area (Å²) < 4.78 is 86.2. The monoisotopic (exact) mass is 402 g/mol. The number of halogens is 6. The smallest absolute Gasteiger partial charge is 0.327 e. The third-order valence-electron chi connectivity index (χ3n) is 7.48. The SMILES string of the molecule is CC1CC(C(C2CC(C)C(N)C(C)C2)(C(F)(F)F)C(F)(F)F)CC(C)C1N. The Morgan fingerprint density at radius 1 is 0.556 bits per heavy atom. The van der Waals surface area contributed by atoms with Crippen LogP contribution in [0.1, 0.15) is 53.4 Å². The van der Waals surface area contributed by atoms with Crippen molar-refractivity contribution in [2.24, 2.45) is 52.4 Å². The predicted molar refractivity (Wildman–Crippen MR) is 92.6 cm³/mol. The molecule has 2 nitrogen and oxygen atoms in total. The number of rotatable bonds is 2. The first-order chi connectivity index (χ1) is 12.1. The maximum Gasteiger partial charge on any atom is 0.403 e. The summed E-state index contributed by atoms with van der Waals surface area (Å²) in [5, 5.41) is 0. The van der Waals surface area contributed by atoms with Crippen LogP contribution < -0.4 is 11.5 Å². The summed E-state index contributed by atoms with van der Waals surface area (Å²) in [5.74, 6) is -4.57. The molecule has 0 aliphatic heterocycles. The fourth-order valence-electron chi connectivity index (χ4n) is 5.90. The molecule has 0 aromatic rings. The molecular formula is C19H32F6N2. The first-order valence-electron chi connectivity index (χ1n) is 9.79. The van der Waals surface area contributed by atoms with Crippen molar-refractivity contribution in [2.75, 3.05) is 0 Å². The van der Waals surface area contributed by atoms with Crippen LogP contribution in [-0.4, -0.2) is 24.4 Å². The molecule has 0 aromatic carbocycles. The van der Waals surface area contributed by atoms with Gasteiger partial charge in [-0.15, -0.1) is 0 Å². The lowest BCUT2D eigenvalue weighted by Gasteiger charge is -2.54. The van der Waals surface area contributed by atoms with Gasteiger partial charge in [0.2, 0.25) is 0 Å². The van der Waals surface area contributed by atoms with E-state index in [2.05, 4.69) is 0 Å². The van der Waals surface area contributed by atoms with Crippen LogP contribution in [0, 0.1) is 40.9 Å². The molecule has 4 atom stereocenters. The summed E-state index contributed by atoms with van der Waals surface area (Å²) in [6.07, 6.45) is -11.4. The minimum Gasteiger partial charge on any atom is -0.327 e. The Balaban J connectivity index is 2.58. The predicted octanol–water partition coefficient (Wildman–Crippen LogP) is 5.12. The average molecular weight is 402 g/mol. The lowest BCUT2D eigenvalue weighted by molar-refractivity contribution is -0.385. The maximum absolute atomic E-state index is 14.4. The molecule has 2 aliphatic carbocycles. The minimum absolute atomic E-state index is 0.157. The van der Waals surface area contributed by atoms with Crippen LogP contribution in [0.15, 0.2) is 0 Å². The van der Waals surface area contributed by atoms with Crippen molar-refractivity contribution >= 4 is 0 Å². The quantitative estimate of drug-likeness (QED) is 0.630. The Bertz CT molecular complexity index is 447. The number of alkyl halides is 6. The van der Waals surface area contributed by atoms with E-state index in [9.17, 15) is 26.3 Å². The summed E-state index contributed by atoms with van der Waals surface area (Å²) in [7, 11) is 0. The van der Waals surface area contributed by atoms with E-state index in [0.717, 1.165) is 0 Å². The van der Waals surface area contributed by atoms with Gasteiger partial charge < -0.3 is 11.5 Å². The molecule has 2 rings (SSSR count). The summed E-state index contributed by atoms with van der Waals surface area (Å²) in [5.41, 5.74) is 8.31. The van der Waals surface area contributed by atoms with Crippen molar-refractivity contribution < 1.29 is 26.3 Å². The molecule has 27 heavy (non-hydrogen) atoms. The molecule has 0 heterocycles. The van der Waals surface area contributed by atoms with E-state index in [1.54, 1.807) is 27.7 Å². The third-order valence-corrected chi connectivity index (χ3v) is 7.48. The van der Waals surface area contributed by atoms with Gasteiger partial charge >= 0.3 is 12.4 Å². The van der Waals surface area contributed by atoms with E-state index in [-0.39, 0.29) is 61.4 Å². The minimum atomic E-state index is -5.37. The van der Waals surface area contributed by atoms with Crippen LogP contribution in [-0.2, 0) is 0 Å². The highest BCUT2D eigenvalue weighted by atomic mass is 19.4. The Morgan fingerprint density at radius 2 is 0.778 bits per heavy atom. The molecule has 4 unspecified atom stereocenters. The zero-order valence-electron chi connectivity index (χ0n) is 16.4. The Labute approximate surface area is 157 Å². The van der Waals surface area contributed by atoms with Crippen LogP contribution >= 0.6 is 0 Å². The standard InChI is InChI=1S/C19H32F6N2/c1-9-5-13(6-10(2)15(9)26)17(18(20,21)22,19(23,24)25)14-7-11(3)16(27)12(4)8-14/h9-16H,5-8,26-27H2,1-4H3. The fraction of sp³-hybridized carbons (Fsp3) is 1.00. The summed E-state index contributed by atoms with van der Waals surface area (Å²) in [6.45, 7) is 6.64. The molecule has 0 bridgehead atoms. The molecule has 160 valence electrons. The van der Waals surface area contributed by atoms with E-state index >= 15 is 0 Å². The largest absolute Gasteiger partial charge is 0.403 e. The maximum atomic E-state index is 14.4. The summed E-state index contributed by atoms with van der Waals surface area (Å²) in [4.78, 5) is 0. The van der Waals surface area contributed by atoms with Crippen molar-refractivity contribution in [3.05, 3.63) is 0 Å². The molecule has 2 fully saturated rings. The highest BCUT2D eigenvalue weighted by molar-refractivity contribution is 5.08. The Hall–Kier alpha value is -0.500. The van der Waals surface area contributed by atoms with E-state index in [4.69, 9.17) is 11.5 Å². The van der Waals surface area contributed by atoms with Gasteiger partial charge in [-0.3, -0.25) is 0 Å². The Morgan fingerprint density at radius 3 is 0.963 bits per heavy atom. The molecule has 0 aromatic heterocycles. The van der Waals surface area contributed by atoms with E-state index in [1.807, 2.05) is 0 Å². The van der Waals surface area contributed by atoms with Crippen molar-refractivity contribution in [1.82, 2.24) is 0 Å². The van der Waals surface area contributed by atoms with Gasteiger partial charge in [0.1, 0.15) is 0 Å². The average Bonchev–Trinajstić information content (AvgIpc) is 2.47. The second-order valence-corrected chi connectivity index (χ2v) is 9.27. The second-order valence-electron chi connectivity index (χ2n) is 9.27. The van der Waals surface area contributed by atoms with Crippen LogP contribution in [0.25, 0.3) is 0 Å². The number of hydrogen-bond acceptors (Lipinski definition) is 2. The highest BCUT2D eigenvalue weighted by Crippen LogP contribution is 2.66. The second kappa shape index (κ2) is 7.39. The molecule has 0 amide bonds. The molecule has 0 saturated heterocycles. The van der Waals surface area contributed by atoms with Crippen molar-refractivity contribution in [1.29, 1.82) is 0 Å². The van der Waals surface area contributed by atoms with Crippen molar-refractivity contribution in [3.8, 4) is 0 Å². The molecule has 4 N–H and O–H groups in total. The normalized spacial score (nSPS) is 42.2. The highest BCUT2D eigenvalue weighted by Gasteiger charge is 2.77.